The third kappa shape index (κ3) is 4.58. The topological polar surface area (TPSA) is 52.6 Å². The Morgan fingerprint density at radius 3 is 2.78 bits per heavy atom. The van der Waals surface area contributed by atoms with Gasteiger partial charge in [-0.1, -0.05) is 13.8 Å². The first-order valence-electron chi connectivity index (χ1n) is 7.18. The van der Waals surface area contributed by atoms with E-state index < -0.39 is 11.5 Å². The molecule has 106 valence electrons. The molecule has 2 unspecified atom stereocenters. The molecular formula is C14H28N2O2. The summed E-state index contributed by atoms with van der Waals surface area (Å²) < 4.78 is 0. The lowest BCUT2D eigenvalue weighted by atomic mass is 9.97. The Bertz CT molecular complexity index is 271. The molecule has 0 radical (unpaired) electrons. The van der Waals surface area contributed by atoms with Crippen molar-refractivity contribution in [3.8, 4) is 0 Å². The number of likely N-dealkylation sites (N-methyl/N-ethyl adjacent to an activating group) is 1. The highest BCUT2D eigenvalue weighted by molar-refractivity contribution is 5.78. The van der Waals surface area contributed by atoms with Crippen molar-refractivity contribution in [3.63, 3.8) is 0 Å². The van der Waals surface area contributed by atoms with Crippen LogP contribution >= 0.6 is 0 Å². The molecule has 1 heterocycles. The molecule has 1 fully saturated rings. The van der Waals surface area contributed by atoms with Gasteiger partial charge in [-0.3, -0.25) is 4.79 Å². The van der Waals surface area contributed by atoms with Crippen LogP contribution in [0.2, 0.25) is 0 Å². The van der Waals surface area contributed by atoms with E-state index in [-0.39, 0.29) is 0 Å². The van der Waals surface area contributed by atoms with Crippen molar-refractivity contribution in [2.75, 3.05) is 26.2 Å². The van der Waals surface area contributed by atoms with E-state index in [2.05, 4.69) is 17.1 Å². The number of carboxylic acids is 1. The van der Waals surface area contributed by atoms with Gasteiger partial charge in [0.25, 0.3) is 0 Å². The van der Waals surface area contributed by atoms with Crippen LogP contribution in [-0.4, -0.2) is 47.7 Å². The van der Waals surface area contributed by atoms with Gasteiger partial charge in [-0.15, -0.1) is 0 Å². The van der Waals surface area contributed by atoms with Crippen molar-refractivity contribution >= 4 is 5.97 Å². The van der Waals surface area contributed by atoms with E-state index in [4.69, 9.17) is 0 Å². The predicted molar refractivity (Wildman–Crippen MR) is 73.8 cm³/mol. The highest BCUT2D eigenvalue weighted by Crippen LogP contribution is 2.18. The van der Waals surface area contributed by atoms with Gasteiger partial charge in [0.05, 0.1) is 0 Å². The minimum atomic E-state index is -0.785. The first-order valence-corrected chi connectivity index (χ1v) is 7.18. The van der Waals surface area contributed by atoms with Gasteiger partial charge >= 0.3 is 5.97 Å². The lowest BCUT2D eigenvalue weighted by Crippen LogP contribution is -2.51. The number of hydrogen-bond donors (Lipinski definition) is 2. The molecule has 0 saturated carbocycles. The number of carboxylic acid groups (broad SMARTS) is 1. The third-order valence-corrected chi connectivity index (χ3v) is 4.08. The monoisotopic (exact) mass is 256 g/mol. The second kappa shape index (κ2) is 7.10. The normalized spacial score (nSPS) is 25.4. The van der Waals surface area contributed by atoms with Crippen LogP contribution < -0.4 is 5.32 Å². The molecule has 1 saturated heterocycles. The van der Waals surface area contributed by atoms with E-state index in [1.54, 1.807) is 6.92 Å². The fraction of sp³-hybridized carbons (Fsp3) is 0.929. The summed E-state index contributed by atoms with van der Waals surface area (Å²) in [4.78, 5) is 13.7. The number of nitrogens with zero attached hydrogens (tertiary/aromatic N) is 1. The molecule has 0 amide bonds. The summed E-state index contributed by atoms with van der Waals surface area (Å²) in [7, 11) is 0. The number of carbonyl (C=O) groups is 1. The molecule has 0 aromatic carbocycles. The van der Waals surface area contributed by atoms with Crippen molar-refractivity contribution in [1.29, 1.82) is 0 Å². The van der Waals surface area contributed by atoms with Crippen molar-refractivity contribution in [2.45, 2.75) is 52.0 Å². The van der Waals surface area contributed by atoms with E-state index in [0.29, 0.717) is 13.0 Å². The van der Waals surface area contributed by atoms with Crippen LogP contribution in [0, 0.1) is 5.92 Å². The average Bonchev–Trinajstić information content (AvgIpc) is 2.52. The molecule has 4 nitrogen and oxygen atoms in total. The molecule has 1 rings (SSSR count). The zero-order valence-corrected chi connectivity index (χ0v) is 12.0. The second-order valence-electron chi connectivity index (χ2n) is 5.80. The Balaban J connectivity index is 2.44. The van der Waals surface area contributed by atoms with E-state index in [1.165, 1.54) is 19.3 Å². The maximum Gasteiger partial charge on any atom is 0.323 e. The minimum Gasteiger partial charge on any atom is -0.480 e. The molecule has 1 aliphatic heterocycles. The molecule has 0 aliphatic carbocycles. The Kier molecular flexibility index (Phi) is 6.09. The SMILES string of the molecule is CCNC(C)(CCN1CCCC(C)CC1)C(=O)O. The van der Waals surface area contributed by atoms with Crippen LogP contribution in [0.5, 0.6) is 0 Å². The van der Waals surface area contributed by atoms with E-state index >= 15 is 0 Å². The molecule has 0 aromatic rings. The van der Waals surface area contributed by atoms with Crippen molar-refractivity contribution in [2.24, 2.45) is 5.92 Å². The molecule has 0 spiro atoms. The van der Waals surface area contributed by atoms with Crippen LogP contribution in [0.15, 0.2) is 0 Å². The number of rotatable bonds is 6. The van der Waals surface area contributed by atoms with E-state index in [0.717, 1.165) is 25.6 Å². The fourth-order valence-corrected chi connectivity index (χ4v) is 2.59. The number of hydrogen-bond acceptors (Lipinski definition) is 3. The molecule has 0 bridgehead atoms. The third-order valence-electron chi connectivity index (χ3n) is 4.08. The Morgan fingerprint density at radius 2 is 2.17 bits per heavy atom. The predicted octanol–water partition coefficient (Wildman–Crippen LogP) is 1.95. The maximum absolute atomic E-state index is 11.3. The quantitative estimate of drug-likeness (QED) is 0.762. The van der Waals surface area contributed by atoms with Crippen LogP contribution in [0.3, 0.4) is 0 Å². The van der Waals surface area contributed by atoms with Gasteiger partial charge in [0.15, 0.2) is 0 Å². The van der Waals surface area contributed by atoms with Gasteiger partial charge in [0.1, 0.15) is 5.54 Å². The molecule has 2 atom stereocenters. The highest BCUT2D eigenvalue weighted by atomic mass is 16.4. The molecular weight excluding hydrogens is 228 g/mol. The van der Waals surface area contributed by atoms with Gasteiger partial charge in [0.2, 0.25) is 0 Å². The van der Waals surface area contributed by atoms with E-state index in [1.807, 2.05) is 6.92 Å². The zero-order valence-electron chi connectivity index (χ0n) is 12.0. The first-order chi connectivity index (χ1) is 8.48. The standard InChI is InChI=1S/C14H28N2O2/c1-4-15-14(3,13(17)18)8-11-16-9-5-6-12(2)7-10-16/h12,15H,4-11H2,1-3H3,(H,17,18). The minimum absolute atomic E-state index is 0.671. The highest BCUT2D eigenvalue weighted by Gasteiger charge is 2.32. The maximum atomic E-state index is 11.3. The largest absolute Gasteiger partial charge is 0.480 e. The summed E-state index contributed by atoms with van der Waals surface area (Å²) in [5.74, 6) is 0.0714. The number of aliphatic carboxylic acids is 1. The Labute approximate surface area is 111 Å². The van der Waals surface area contributed by atoms with Crippen LogP contribution in [-0.2, 0) is 4.79 Å². The van der Waals surface area contributed by atoms with E-state index in [9.17, 15) is 9.90 Å². The van der Waals surface area contributed by atoms with Crippen molar-refractivity contribution in [1.82, 2.24) is 10.2 Å². The lowest BCUT2D eigenvalue weighted by Gasteiger charge is -2.29. The molecule has 4 heteroatoms. The summed E-state index contributed by atoms with van der Waals surface area (Å²) in [6.07, 6.45) is 4.46. The van der Waals surface area contributed by atoms with Gasteiger partial charge in [0, 0.05) is 6.54 Å². The van der Waals surface area contributed by atoms with Gasteiger partial charge < -0.3 is 15.3 Å². The molecule has 1 aliphatic rings. The summed E-state index contributed by atoms with van der Waals surface area (Å²) in [5.41, 5.74) is -0.785. The Morgan fingerprint density at radius 1 is 1.44 bits per heavy atom. The summed E-state index contributed by atoms with van der Waals surface area (Å²) in [6.45, 7) is 9.86. The van der Waals surface area contributed by atoms with Gasteiger partial charge in [-0.05, 0) is 58.2 Å². The van der Waals surface area contributed by atoms with Crippen molar-refractivity contribution < 1.29 is 9.90 Å². The molecule has 18 heavy (non-hydrogen) atoms. The summed E-state index contributed by atoms with van der Waals surface area (Å²) in [6, 6.07) is 0. The Hall–Kier alpha value is -0.610. The molecule has 0 aromatic heterocycles. The zero-order chi connectivity index (χ0) is 13.6. The average molecular weight is 256 g/mol. The van der Waals surface area contributed by atoms with Crippen LogP contribution in [0.1, 0.15) is 46.5 Å². The van der Waals surface area contributed by atoms with Gasteiger partial charge in [-0.2, -0.15) is 0 Å². The van der Waals surface area contributed by atoms with Gasteiger partial charge in [-0.25, -0.2) is 0 Å². The summed E-state index contributed by atoms with van der Waals surface area (Å²) >= 11 is 0. The first kappa shape index (κ1) is 15.4. The number of likely N-dealkylation sites (tertiary alicyclic amines) is 1. The summed E-state index contributed by atoms with van der Waals surface area (Å²) in [5, 5.41) is 12.4. The molecule has 2 N–H and O–H groups in total. The number of nitrogens with one attached hydrogen (secondary N) is 1. The lowest BCUT2D eigenvalue weighted by molar-refractivity contribution is -0.144. The van der Waals surface area contributed by atoms with Crippen LogP contribution in [0.25, 0.3) is 0 Å². The smallest absolute Gasteiger partial charge is 0.323 e. The second-order valence-corrected chi connectivity index (χ2v) is 5.80. The van der Waals surface area contributed by atoms with Crippen molar-refractivity contribution in [3.05, 3.63) is 0 Å². The van der Waals surface area contributed by atoms with Crippen LogP contribution in [0.4, 0.5) is 0 Å². The fourth-order valence-electron chi connectivity index (χ4n) is 2.59.